The summed E-state index contributed by atoms with van der Waals surface area (Å²) in [4.78, 5) is 2.34. The van der Waals surface area contributed by atoms with E-state index in [9.17, 15) is 0 Å². The van der Waals surface area contributed by atoms with Crippen LogP contribution in [0.5, 0.6) is 0 Å². The molecule has 2 heteroatoms. The molecule has 0 heterocycles. The van der Waals surface area contributed by atoms with Gasteiger partial charge in [-0.25, -0.2) is 0 Å². The Morgan fingerprint density at radius 1 is 1.18 bits per heavy atom. The van der Waals surface area contributed by atoms with Gasteiger partial charge in [-0.2, -0.15) is 0 Å². The van der Waals surface area contributed by atoms with E-state index in [-0.39, 0.29) is 0 Å². The molecule has 1 nitrogen and oxygen atoms in total. The van der Waals surface area contributed by atoms with Crippen LogP contribution in [0.25, 0.3) is 0 Å². The minimum atomic E-state index is 0.336. The van der Waals surface area contributed by atoms with Crippen molar-refractivity contribution in [3.63, 3.8) is 0 Å². The summed E-state index contributed by atoms with van der Waals surface area (Å²) in [5.41, 5.74) is 2.95. The van der Waals surface area contributed by atoms with Gasteiger partial charge in [-0.05, 0) is 30.4 Å². The fraction of sp³-hybridized carbons (Fsp3) is 0.600. The van der Waals surface area contributed by atoms with Gasteiger partial charge < -0.3 is 4.90 Å². The first-order chi connectivity index (χ1) is 7.84. The zero-order valence-electron chi connectivity index (χ0n) is 11.6. The van der Waals surface area contributed by atoms with Crippen LogP contribution in [0, 0.1) is 18.3 Å². The van der Waals surface area contributed by atoms with Gasteiger partial charge in [-0.3, -0.25) is 0 Å². The number of alkyl halides is 1. The zero-order valence-corrected chi connectivity index (χ0v) is 13.2. The maximum atomic E-state index is 3.64. The van der Waals surface area contributed by atoms with Crippen LogP contribution in [0.4, 0.5) is 5.69 Å². The van der Waals surface area contributed by atoms with Gasteiger partial charge in [0, 0.05) is 24.6 Å². The molecule has 0 fully saturated rings. The molecule has 0 saturated heterocycles. The van der Waals surface area contributed by atoms with Gasteiger partial charge >= 0.3 is 0 Å². The van der Waals surface area contributed by atoms with Crippen molar-refractivity contribution in [1.82, 2.24) is 0 Å². The Hall–Kier alpha value is -0.500. The molecular formula is C15H24BrN. The highest BCUT2D eigenvalue weighted by atomic mass is 79.9. The van der Waals surface area contributed by atoms with Crippen molar-refractivity contribution >= 4 is 21.6 Å². The molecular weight excluding hydrogens is 274 g/mol. The van der Waals surface area contributed by atoms with E-state index in [2.05, 4.69) is 79.8 Å². The Morgan fingerprint density at radius 2 is 1.71 bits per heavy atom. The molecule has 0 aromatic heterocycles. The predicted molar refractivity (Wildman–Crippen MR) is 81.2 cm³/mol. The first kappa shape index (κ1) is 14.6. The first-order valence-corrected chi connectivity index (χ1v) is 7.30. The number of anilines is 1. The Morgan fingerprint density at radius 3 is 2.12 bits per heavy atom. The molecule has 1 unspecified atom stereocenters. The molecule has 0 spiro atoms. The number of halogens is 1. The topological polar surface area (TPSA) is 3.24 Å². The van der Waals surface area contributed by atoms with Crippen molar-refractivity contribution in [2.75, 3.05) is 23.8 Å². The number of rotatable bonds is 4. The molecule has 1 atom stereocenters. The predicted octanol–water partition coefficient (Wildman–Crippen LogP) is 4.49. The van der Waals surface area contributed by atoms with E-state index in [1.165, 1.54) is 11.3 Å². The molecule has 1 aromatic rings. The third-order valence-electron chi connectivity index (χ3n) is 3.38. The van der Waals surface area contributed by atoms with Crippen molar-refractivity contribution < 1.29 is 0 Å². The van der Waals surface area contributed by atoms with Crippen molar-refractivity contribution in [3.05, 3.63) is 29.8 Å². The zero-order chi connectivity index (χ0) is 13.1. The average Bonchev–Trinajstić information content (AvgIpc) is 2.24. The van der Waals surface area contributed by atoms with Crippen LogP contribution in [-0.2, 0) is 0 Å². The molecule has 1 rings (SSSR count). The Labute approximate surface area is 114 Å². The third-order valence-corrected chi connectivity index (χ3v) is 4.16. The molecule has 17 heavy (non-hydrogen) atoms. The molecule has 0 N–H and O–H groups in total. The second-order valence-corrected chi connectivity index (χ2v) is 6.58. The van der Waals surface area contributed by atoms with Crippen molar-refractivity contribution in [2.45, 2.75) is 27.7 Å². The lowest BCUT2D eigenvalue weighted by Gasteiger charge is -2.33. The second kappa shape index (κ2) is 5.90. The Balaban J connectivity index is 2.71. The summed E-state index contributed by atoms with van der Waals surface area (Å²) in [6.45, 7) is 10.1. The molecule has 0 aliphatic heterocycles. The van der Waals surface area contributed by atoms with Crippen LogP contribution < -0.4 is 4.90 Å². The van der Waals surface area contributed by atoms with Gasteiger partial charge in [0.1, 0.15) is 0 Å². The number of benzene rings is 1. The van der Waals surface area contributed by atoms with E-state index in [4.69, 9.17) is 0 Å². The molecule has 0 bridgehead atoms. The van der Waals surface area contributed by atoms with Gasteiger partial charge in [0.15, 0.2) is 0 Å². The summed E-state index contributed by atoms with van der Waals surface area (Å²) in [5.74, 6) is 0.647. The van der Waals surface area contributed by atoms with E-state index in [0.717, 1.165) is 11.9 Å². The molecule has 1 aromatic carbocycles. The first-order valence-electron chi connectivity index (χ1n) is 6.18. The lowest BCUT2D eigenvalue weighted by Crippen LogP contribution is -2.34. The molecule has 0 radical (unpaired) electrons. The maximum absolute atomic E-state index is 3.64. The quantitative estimate of drug-likeness (QED) is 0.740. The Bertz CT molecular complexity index is 337. The van der Waals surface area contributed by atoms with Crippen LogP contribution >= 0.6 is 15.9 Å². The van der Waals surface area contributed by atoms with Crippen molar-refractivity contribution in [1.29, 1.82) is 0 Å². The standard InChI is InChI=1S/C15H24BrN/c1-12-6-8-14(9-7-12)17(5)11-13(10-16)15(2,3)4/h6-9,13H,10-11H2,1-5H3. The van der Waals surface area contributed by atoms with Gasteiger partial charge in [0.25, 0.3) is 0 Å². The number of hydrogen-bond donors (Lipinski definition) is 0. The Kier molecular flexibility index (Phi) is 5.05. The van der Waals surface area contributed by atoms with Gasteiger partial charge in [-0.1, -0.05) is 54.4 Å². The highest BCUT2D eigenvalue weighted by molar-refractivity contribution is 9.09. The molecule has 96 valence electrons. The summed E-state index contributed by atoms with van der Waals surface area (Å²) >= 11 is 3.64. The molecule has 0 aliphatic carbocycles. The van der Waals surface area contributed by atoms with Crippen LogP contribution in [0.1, 0.15) is 26.3 Å². The number of hydrogen-bond acceptors (Lipinski definition) is 1. The summed E-state index contributed by atoms with van der Waals surface area (Å²) in [7, 11) is 2.17. The normalized spacial score (nSPS) is 13.5. The summed E-state index contributed by atoms with van der Waals surface area (Å²) < 4.78 is 0. The third kappa shape index (κ3) is 4.34. The van der Waals surface area contributed by atoms with E-state index >= 15 is 0 Å². The highest BCUT2D eigenvalue weighted by Gasteiger charge is 2.24. The maximum Gasteiger partial charge on any atom is 0.0363 e. The van der Waals surface area contributed by atoms with Crippen LogP contribution in [0.2, 0.25) is 0 Å². The molecule has 0 amide bonds. The largest absolute Gasteiger partial charge is 0.374 e. The number of aryl methyl sites for hydroxylation is 1. The van der Waals surface area contributed by atoms with Crippen molar-refractivity contribution in [2.24, 2.45) is 11.3 Å². The minimum Gasteiger partial charge on any atom is -0.374 e. The van der Waals surface area contributed by atoms with Crippen LogP contribution in [0.3, 0.4) is 0 Å². The van der Waals surface area contributed by atoms with Crippen LogP contribution in [-0.4, -0.2) is 18.9 Å². The lowest BCUT2D eigenvalue weighted by atomic mass is 9.82. The fourth-order valence-corrected chi connectivity index (χ4v) is 2.97. The van der Waals surface area contributed by atoms with Crippen molar-refractivity contribution in [3.8, 4) is 0 Å². The van der Waals surface area contributed by atoms with E-state index < -0.39 is 0 Å². The second-order valence-electron chi connectivity index (χ2n) is 5.93. The highest BCUT2D eigenvalue weighted by Crippen LogP contribution is 2.29. The summed E-state index contributed by atoms with van der Waals surface area (Å²) in [5, 5.41) is 1.05. The molecule has 0 aliphatic rings. The monoisotopic (exact) mass is 297 g/mol. The van der Waals surface area contributed by atoms with Crippen LogP contribution in [0.15, 0.2) is 24.3 Å². The smallest absolute Gasteiger partial charge is 0.0363 e. The fourth-order valence-electron chi connectivity index (χ4n) is 1.79. The van der Waals surface area contributed by atoms with E-state index in [1.54, 1.807) is 0 Å². The SMILES string of the molecule is Cc1ccc(N(C)CC(CBr)C(C)(C)C)cc1. The van der Waals surface area contributed by atoms with E-state index in [0.29, 0.717) is 11.3 Å². The summed E-state index contributed by atoms with van der Waals surface area (Å²) in [6.07, 6.45) is 0. The average molecular weight is 298 g/mol. The van der Waals surface area contributed by atoms with Gasteiger partial charge in [-0.15, -0.1) is 0 Å². The minimum absolute atomic E-state index is 0.336. The number of nitrogens with zero attached hydrogens (tertiary/aromatic N) is 1. The van der Waals surface area contributed by atoms with Gasteiger partial charge in [0.2, 0.25) is 0 Å². The summed E-state index contributed by atoms with van der Waals surface area (Å²) in [6, 6.07) is 8.74. The van der Waals surface area contributed by atoms with Gasteiger partial charge in [0.05, 0.1) is 0 Å². The lowest BCUT2D eigenvalue weighted by molar-refractivity contribution is 0.273. The molecule has 0 saturated carbocycles. The van der Waals surface area contributed by atoms with E-state index in [1.807, 2.05) is 0 Å².